The molecule has 1 saturated heterocycles. The number of piperazine rings is 1. The molecule has 2 N–H and O–H groups in total. The first kappa shape index (κ1) is 21.3. The fourth-order valence-corrected chi connectivity index (χ4v) is 3.49. The lowest BCUT2D eigenvalue weighted by Crippen LogP contribution is -2.49. The largest absolute Gasteiger partial charge is 0.476 e. The zero-order valence-corrected chi connectivity index (χ0v) is 17.9. The molecule has 1 aliphatic rings. The number of nitrogens with zero attached hydrogens (tertiary/aromatic N) is 6. The SMILES string of the molecule is C=CCOC(=O)N1CCN(c2ccc(-c3cnc4nc(N)nc(OCC)c4n3)cc2)CC1. The van der Waals surface area contributed by atoms with Crippen LogP contribution in [0, 0.1) is 0 Å². The number of fused-ring (bicyclic) bond motifs is 1. The molecule has 10 heteroatoms. The van der Waals surface area contributed by atoms with E-state index < -0.39 is 0 Å². The summed E-state index contributed by atoms with van der Waals surface area (Å²) in [6, 6.07) is 8.06. The van der Waals surface area contributed by atoms with E-state index in [1.165, 1.54) is 0 Å². The highest BCUT2D eigenvalue weighted by atomic mass is 16.6. The third-order valence-corrected chi connectivity index (χ3v) is 5.06. The Balaban J connectivity index is 1.48. The second-order valence-electron chi connectivity index (χ2n) is 7.13. The monoisotopic (exact) mass is 435 g/mol. The first-order valence-corrected chi connectivity index (χ1v) is 10.4. The third-order valence-electron chi connectivity index (χ3n) is 5.06. The quantitative estimate of drug-likeness (QED) is 0.582. The van der Waals surface area contributed by atoms with Crippen LogP contribution in [0.2, 0.25) is 0 Å². The first-order valence-electron chi connectivity index (χ1n) is 10.4. The highest BCUT2D eigenvalue weighted by Crippen LogP contribution is 2.26. The summed E-state index contributed by atoms with van der Waals surface area (Å²) in [5.74, 6) is 0.423. The number of hydrogen-bond donors (Lipinski definition) is 1. The standard InChI is InChI=1S/C22H25N7O3/c1-3-13-32-22(30)29-11-9-28(10-12-29)16-7-5-15(6-8-16)17-14-24-19-18(25-17)20(31-4-2)27-21(23)26-19/h3,5-8,14H,1,4,9-13H2,2H3,(H2,23,24,26,27). The topological polar surface area (TPSA) is 120 Å². The van der Waals surface area contributed by atoms with Gasteiger partial charge in [0.2, 0.25) is 11.8 Å². The third kappa shape index (κ3) is 4.53. The van der Waals surface area contributed by atoms with E-state index in [1.807, 2.05) is 31.2 Å². The average molecular weight is 435 g/mol. The smallest absolute Gasteiger partial charge is 0.410 e. The number of carbonyl (C=O) groups excluding carboxylic acids is 1. The van der Waals surface area contributed by atoms with Crippen LogP contribution in [0.25, 0.3) is 22.4 Å². The van der Waals surface area contributed by atoms with Crippen molar-refractivity contribution >= 4 is 28.9 Å². The van der Waals surface area contributed by atoms with Crippen molar-refractivity contribution in [2.75, 3.05) is 50.0 Å². The summed E-state index contributed by atoms with van der Waals surface area (Å²) in [6.07, 6.45) is 2.93. The molecule has 4 rings (SSSR count). The number of ether oxygens (including phenoxy) is 2. The van der Waals surface area contributed by atoms with Crippen LogP contribution in [-0.4, -0.2) is 70.3 Å². The van der Waals surface area contributed by atoms with Crippen molar-refractivity contribution in [3.8, 4) is 17.1 Å². The Morgan fingerprint density at radius 1 is 1.16 bits per heavy atom. The molecule has 1 fully saturated rings. The lowest BCUT2D eigenvalue weighted by Gasteiger charge is -2.35. The normalized spacial score (nSPS) is 13.8. The molecule has 0 radical (unpaired) electrons. The van der Waals surface area contributed by atoms with Gasteiger partial charge in [-0.05, 0) is 19.1 Å². The molecular formula is C22H25N7O3. The number of aromatic nitrogens is 4. The summed E-state index contributed by atoms with van der Waals surface area (Å²) in [7, 11) is 0. The van der Waals surface area contributed by atoms with E-state index in [9.17, 15) is 4.79 Å². The van der Waals surface area contributed by atoms with Crippen LogP contribution in [-0.2, 0) is 4.74 Å². The van der Waals surface area contributed by atoms with Crippen molar-refractivity contribution in [1.82, 2.24) is 24.8 Å². The van der Waals surface area contributed by atoms with Crippen LogP contribution in [0.3, 0.4) is 0 Å². The molecule has 10 nitrogen and oxygen atoms in total. The number of benzene rings is 1. The van der Waals surface area contributed by atoms with Crippen LogP contribution < -0.4 is 15.4 Å². The second kappa shape index (κ2) is 9.46. The molecule has 1 amide bonds. The maximum atomic E-state index is 12.0. The Bertz CT molecular complexity index is 1110. The molecule has 32 heavy (non-hydrogen) atoms. The number of nitrogens with two attached hydrogens (primary N) is 1. The first-order chi connectivity index (χ1) is 15.6. The van der Waals surface area contributed by atoms with Gasteiger partial charge in [-0.3, -0.25) is 0 Å². The van der Waals surface area contributed by atoms with Gasteiger partial charge in [-0.1, -0.05) is 24.8 Å². The molecule has 2 aromatic heterocycles. The van der Waals surface area contributed by atoms with Gasteiger partial charge in [-0.2, -0.15) is 9.97 Å². The maximum Gasteiger partial charge on any atom is 0.410 e. The van der Waals surface area contributed by atoms with Crippen molar-refractivity contribution in [2.24, 2.45) is 0 Å². The Morgan fingerprint density at radius 2 is 1.91 bits per heavy atom. The van der Waals surface area contributed by atoms with Gasteiger partial charge < -0.3 is 25.0 Å². The molecule has 0 spiro atoms. The minimum atomic E-state index is -0.299. The molecular weight excluding hydrogens is 410 g/mol. The molecule has 0 saturated carbocycles. The number of carbonyl (C=O) groups is 1. The lowest BCUT2D eigenvalue weighted by molar-refractivity contribution is 0.110. The van der Waals surface area contributed by atoms with Crippen molar-refractivity contribution in [3.05, 3.63) is 43.1 Å². The molecule has 1 aliphatic heterocycles. The van der Waals surface area contributed by atoms with Gasteiger partial charge in [0.05, 0.1) is 18.5 Å². The molecule has 3 aromatic rings. The fraction of sp³-hybridized carbons (Fsp3) is 0.318. The van der Waals surface area contributed by atoms with E-state index in [4.69, 9.17) is 15.2 Å². The fourth-order valence-electron chi connectivity index (χ4n) is 3.49. The van der Waals surface area contributed by atoms with E-state index in [1.54, 1.807) is 17.2 Å². The van der Waals surface area contributed by atoms with Crippen LogP contribution >= 0.6 is 0 Å². The molecule has 166 valence electrons. The lowest BCUT2D eigenvalue weighted by atomic mass is 10.1. The van der Waals surface area contributed by atoms with Crippen LogP contribution in [0.15, 0.2) is 43.1 Å². The van der Waals surface area contributed by atoms with Crippen molar-refractivity contribution in [2.45, 2.75) is 6.92 Å². The Morgan fingerprint density at radius 3 is 2.59 bits per heavy atom. The number of rotatable bonds is 6. The van der Waals surface area contributed by atoms with Gasteiger partial charge in [-0.25, -0.2) is 14.8 Å². The summed E-state index contributed by atoms with van der Waals surface area (Å²) in [6.45, 7) is 8.77. The van der Waals surface area contributed by atoms with Crippen LogP contribution in [0.4, 0.5) is 16.4 Å². The minimum absolute atomic E-state index is 0.0985. The molecule has 0 atom stereocenters. The van der Waals surface area contributed by atoms with Crippen LogP contribution in [0.1, 0.15) is 6.92 Å². The summed E-state index contributed by atoms with van der Waals surface area (Å²) in [5.41, 5.74) is 9.28. The van der Waals surface area contributed by atoms with Gasteiger partial charge in [0.25, 0.3) is 0 Å². The van der Waals surface area contributed by atoms with E-state index >= 15 is 0 Å². The van der Waals surface area contributed by atoms with Crippen molar-refractivity contribution in [1.29, 1.82) is 0 Å². The van der Waals surface area contributed by atoms with Gasteiger partial charge in [0.15, 0.2) is 11.2 Å². The number of hydrogen-bond acceptors (Lipinski definition) is 9. The molecule has 3 heterocycles. The average Bonchev–Trinajstić information content (AvgIpc) is 2.82. The molecule has 0 unspecified atom stereocenters. The van der Waals surface area contributed by atoms with Crippen molar-refractivity contribution < 1.29 is 14.3 Å². The molecule has 0 aliphatic carbocycles. The number of amides is 1. The highest BCUT2D eigenvalue weighted by molar-refractivity contribution is 5.79. The highest BCUT2D eigenvalue weighted by Gasteiger charge is 2.22. The molecule has 0 bridgehead atoms. The number of anilines is 2. The predicted molar refractivity (Wildman–Crippen MR) is 121 cm³/mol. The second-order valence-corrected chi connectivity index (χ2v) is 7.13. The van der Waals surface area contributed by atoms with E-state index in [2.05, 4.69) is 31.4 Å². The predicted octanol–water partition coefficient (Wildman–Crippen LogP) is 2.51. The Kier molecular flexibility index (Phi) is 6.29. The van der Waals surface area contributed by atoms with Crippen molar-refractivity contribution in [3.63, 3.8) is 0 Å². The number of nitrogen functional groups attached to an aromatic ring is 1. The summed E-state index contributed by atoms with van der Waals surface area (Å²) in [4.78, 5) is 33.2. The zero-order valence-electron chi connectivity index (χ0n) is 17.9. The summed E-state index contributed by atoms with van der Waals surface area (Å²) < 4.78 is 10.7. The Labute approximate surface area is 185 Å². The van der Waals surface area contributed by atoms with Gasteiger partial charge in [0.1, 0.15) is 6.61 Å². The molecule has 1 aromatic carbocycles. The zero-order chi connectivity index (χ0) is 22.5. The summed E-state index contributed by atoms with van der Waals surface area (Å²) >= 11 is 0. The maximum absolute atomic E-state index is 12.0. The van der Waals surface area contributed by atoms with Crippen LogP contribution in [0.5, 0.6) is 5.88 Å². The Hall–Kier alpha value is -3.95. The van der Waals surface area contributed by atoms with E-state index in [-0.39, 0.29) is 18.6 Å². The van der Waals surface area contributed by atoms with E-state index in [0.717, 1.165) is 24.3 Å². The van der Waals surface area contributed by atoms with E-state index in [0.29, 0.717) is 42.4 Å². The van der Waals surface area contributed by atoms with Gasteiger partial charge in [0, 0.05) is 37.4 Å². The van der Waals surface area contributed by atoms with Gasteiger partial charge >= 0.3 is 6.09 Å². The van der Waals surface area contributed by atoms with Gasteiger partial charge in [-0.15, -0.1) is 0 Å². The summed E-state index contributed by atoms with van der Waals surface area (Å²) in [5, 5.41) is 0. The minimum Gasteiger partial charge on any atom is -0.476 e.